The second-order valence-electron chi connectivity index (χ2n) is 7.88. The maximum atomic E-state index is 12.9. The molecule has 0 aliphatic rings. The first kappa shape index (κ1) is 24.4. The number of thioether (sulfide) groups is 1. The minimum absolute atomic E-state index is 0.150. The number of hydrogen-bond acceptors (Lipinski definition) is 6. The molecule has 1 atom stereocenters. The molecule has 0 aliphatic carbocycles. The zero-order chi connectivity index (χ0) is 24.9. The van der Waals surface area contributed by atoms with E-state index < -0.39 is 16.9 Å². The second-order valence-corrected chi connectivity index (χ2v) is 9.26. The number of hydrogen-bond donors (Lipinski definition) is 1. The van der Waals surface area contributed by atoms with Crippen molar-refractivity contribution < 1.29 is 9.72 Å². The first-order chi connectivity index (χ1) is 16.8. The van der Waals surface area contributed by atoms with Crippen molar-refractivity contribution in [2.45, 2.75) is 30.8 Å². The lowest BCUT2D eigenvalue weighted by atomic mass is 10.1. The van der Waals surface area contributed by atoms with E-state index in [1.54, 1.807) is 6.92 Å². The van der Waals surface area contributed by atoms with Crippen LogP contribution in [0.5, 0.6) is 0 Å². The summed E-state index contributed by atoms with van der Waals surface area (Å²) in [6.07, 6.45) is 0. The number of aryl methyl sites for hydroxylation is 1. The van der Waals surface area contributed by atoms with Crippen LogP contribution < -0.4 is 5.32 Å². The normalized spacial score (nSPS) is 11.7. The molecule has 8 nitrogen and oxygen atoms in total. The summed E-state index contributed by atoms with van der Waals surface area (Å²) in [6.45, 7) is 3.76. The predicted molar refractivity (Wildman–Crippen MR) is 136 cm³/mol. The SMILES string of the molecule is Cc1ccc(Cl)cc1-n1c(SCc2ccccc2)nnc1C(C)NC(=O)c1cccc([N+](=O)[O-])c1. The highest BCUT2D eigenvalue weighted by atomic mass is 35.5. The van der Waals surface area contributed by atoms with Crippen molar-refractivity contribution in [2.24, 2.45) is 0 Å². The Morgan fingerprint density at radius 1 is 1.11 bits per heavy atom. The van der Waals surface area contributed by atoms with E-state index in [4.69, 9.17) is 11.6 Å². The summed E-state index contributed by atoms with van der Waals surface area (Å²) >= 11 is 7.84. The van der Waals surface area contributed by atoms with E-state index in [-0.39, 0.29) is 11.3 Å². The predicted octanol–water partition coefficient (Wildman–Crippen LogP) is 5.92. The number of nitro benzene ring substituents is 1. The van der Waals surface area contributed by atoms with Gasteiger partial charge in [0, 0.05) is 28.5 Å². The fourth-order valence-corrected chi connectivity index (χ4v) is 4.61. The van der Waals surface area contributed by atoms with Crippen molar-refractivity contribution in [3.63, 3.8) is 0 Å². The van der Waals surface area contributed by atoms with E-state index in [0.717, 1.165) is 16.8 Å². The number of aromatic nitrogens is 3. The van der Waals surface area contributed by atoms with Gasteiger partial charge in [0.1, 0.15) is 0 Å². The molecule has 1 aromatic heterocycles. The van der Waals surface area contributed by atoms with Gasteiger partial charge in [-0.1, -0.05) is 65.8 Å². The number of benzene rings is 3. The number of halogens is 1. The van der Waals surface area contributed by atoms with Crippen molar-refractivity contribution in [1.82, 2.24) is 20.1 Å². The molecule has 178 valence electrons. The van der Waals surface area contributed by atoms with E-state index in [1.165, 1.54) is 36.0 Å². The highest BCUT2D eigenvalue weighted by Gasteiger charge is 2.23. The van der Waals surface area contributed by atoms with Crippen LogP contribution in [0.25, 0.3) is 5.69 Å². The Labute approximate surface area is 211 Å². The summed E-state index contributed by atoms with van der Waals surface area (Å²) in [6, 6.07) is 20.6. The van der Waals surface area contributed by atoms with Gasteiger partial charge in [0.2, 0.25) is 0 Å². The molecule has 10 heteroatoms. The van der Waals surface area contributed by atoms with E-state index in [9.17, 15) is 14.9 Å². The maximum absolute atomic E-state index is 12.9. The second kappa shape index (κ2) is 10.7. The van der Waals surface area contributed by atoms with Gasteiger partial charge >= 0.3 is 0 Å². The Balaban J connectivity index is 1.66. The van der Waals surface area contributed by atoms with Gasteiger partial charge in [0.15, 0.2) is 11.0 Å². The molecule has 1 unspecified atom stereocenters. The van der Waals surface area contributed by atoms with Gasteiger partial charge in [0.25, 0.3) is 11.6 Å². The lowest BCUT2D eigenvalue weighted by Gasteiger charge is -2.18. The molecule has 4 aromatic rings. The van der Waals surface area contributed by atoms with Gasteiger partial charge in [-0.05, 0) is 43.2 Å². The van der Waals surface area contributed by atoms with Crippen molar-refractivity contribution in [1.29, 1.82) is 0 Å². The third kappa shape index (κ3) is 5.70. The van der Waals surface area contributed by atoms with Crippen molar-refractivity contribution in [3.05, 3.63) is 110 Å². The molecule has 35 heavy (non-hydrogen) atoms. The number of non-ortho nitro benzene ring substituents is 1. The van der Waals surface area contributed by atoms with Crippen LogP contribution in [0.4, 0.5) is 5.69 Å². The Morgan fingerprint density at radius 3 is 2.63 bits per heavy atom. The van der Waals surface area contributed by atoms with E-state index >= 15 is 0 Å². The number of carbonyl (C=O) groups is 1. The first-order valence-corrected chi connectivity index (χ1v) is 12.1. The molecule has 0 fully saturated rings. The number of nitrogens with one attached hydrogen (secondary N) is 1. The minimum atomic E-state index is -0.543. The molecule has 1 amide bonds. The third-order valence-corrected chi connectivity index (χ3v) is 6.57. The molecule has 0 saturated heterocycles. The van der Waals surface area contributed by atoms with Crippen LogP contribution in [0.15, 0.2) is 78.0 Å². The van der Waals surface area contributed by atoms with Crippen LogP contribution in [-0.2, 0) is 5.75 Å². The number of amides is 1. The van der Waals surface area contributed by atoms with E-state index in [2.05, 4.69) is 15.5 Å². The van der Waals surface area contributed by atoms with E-state index in [0.29, 0.717) is 21.8 Å². The Hall–Kier alpha value is -3.69. The maximum Gasteiger partial charge on any atom is 0.270 e. The largest absolute Gasteiger partial charge is 0.342 e. The highest BCUT2D eigenvalue weighted by molar-refractivity contribution is 7.98. The van der Waals surface area contributed by atoms with Crippen LogP contribution in [0.1, 0.15) is 40.3 Å². The standard InChI is InChI=1S/C25H22ClN5O3S/c1-16-11-12-20(26)14-22(16)30-23(28-29-25(30)35-15-18-7-4-3-5-8-18)17(2)27-24(32)19-9-6-10-21(13-19)31(33)34/h3-14,17H,15H2,1-2H3,(H,27,32). The summed E-state index contributed by atoms with van der Waals surface area (Å²) in [7, 11) is 0. The van der Waals surface area contributed by atoms with Crippen molar-refractivity contribution in [2.75, 3.05) is 0 Å². The highest BCUT2D eigenvalue weighted by Crippen LogP contribution is 2.30. The van der Waals surface area contributed by atoms with Crippen LogP contribution in [0.3, 0.4) is 0 Å². The molecule has 1 heterocycles. The zero-order valence-electron chi connectivity index (χ0n) is 19.0. The molecule has 0 aliphatic heterocycles. The quantitative estimate of drug-likeness (QED) is 0.180. The average Bonchev–Trinajstić information content (AvgIpc) is 3.28. The summed E-state index contributed by atoms with van der Waals surface area (Å²) in [5, 5.41) is 24.0. The molecule has 0 bridgehead atoms. The molecular formula is C25H22ClN5O3S. The topological polar surface area (TPSA) is 103 Å². The smallest absolute Gasteiger partial charge is 0.270 e. The number of carbonyl (C=O) groups excluding carboxylic acids is 1. The van der Waals surface area contributed by atoms with Gasteiger partial charge in [-0.15, -0.1) is 10.2 Å². The van der Waals surface area contributed by atoms with Gasteiger partial charge < -0.3 is 5.32 Å². The minimum Gasteiger partial charge on any atom is -0.342 e. The number of nitro groups is 1. The first-order valence-electron chi connectivity index (χ1n) is 10.8. The van der Waals surface area contributed by atoms with Crippen LogP contribution in [0.2, 0.25) is 5.02 Å². The summed E-state index contributed by atoms with van der Waals surface area (Å²) in [5.74, 6) is 0.759. The molecule has 3 aromatic carbocycles. The Morgan fingerprint density at radius 2 is 1.89 bits per heavy atom. The van der Waals surface area contributed by atoms with Gasteiger partial charge in [0.05, 0.1) is 16.7 Å². The fraction of sp³-hybridized carbons (Fsp3) is 0.160. The van der Waals surface area contributed by atoms with Crippen LogP contribution >= 0.6 is 23.4 Å². The van der Waals surface area contributed by atoms with Gasteiger partial charge in [-0.2, -0.15) is 0 Å². The molecule has 0 radical (unpaired) electrons. The lowest BCUT2D eigenvalue weighted by molar-refractivity contribution is -0.384. The molecular weight excluding hydrogens is 486 g/mol. The Bertz CT molecular complexity index is 1380. The molecule has 0 saturated carbocycles. The lowest BCUT2D eigenvalue weighted by Crippen LogP contribution is -2.28. The molecule has 1 N–H and O–H groups in total. The average molecular weight is 508 g/mol. The third-order valence-electron chi connectivity index (χ3n) is 5.34. The molecule has 4 rings (SSSR count). The zero-order valence-corrected chi connectivity index (χ0v) is 20.6. The van der Waals surface area contributed by atoms with E-state index in [1.807, 2.05) is 60.0 Å². The number of rotatable bonds is 8. The monoisotopic (exact) mass is 507 g/mol. The fourth-order valence-electron chi connectivity index (χ4n) is 3.53. The Kier molecular flexibility index (Phi) is 7.48. The van der Waals surface area contributed by atoms with Crippen molar-refractivity contribution in [3.8, 4) is 5.69 Å². The van der Waals surface area contributed by atoms with Crippen molar-refractivity contribution >= 4 is 35.0 Å². The summed E-state index contributed by atoms with van der Waals surface area (Å²) < 4.78 is 1.90. The van der Waals surface area contributed by atoms with Gasteiger partial charge in [-0.3, -0.25) is 19.5 Å². The van der Waals surface area contributed by atoms with Crippen LogP contribution in [0, 0.1) is 17.0 Å². The molecule has 0 spiro atoms. The summed E-state index contributed by atoms with van der Waals surface area (Å²) in [4.78, 5) is 23.4. The number of nitrogens with zero attached hydrogens (tertiary/aromatic N) is 4. The van der Waals surface area contributed by atoms with Gasteiger partial charge in [-0.25, -0.2) is 0 Å². The van der Waals surface area contributed by atoms with Crippen LogP contribution in [-0.4, -0.2) is 25.6 Å². The summed E-state index contributed by atoms with van der Waals surface area (Å²) in [5.41, 5.74) is 2.96.